The minimum atomic E-state index is -4.75. The monoisotopic (exact) mass is 417 g/mol. The first-order valence-corrected chi connectivity index (χ1v) is 8.51. The predicted octanol–water partition coefficient (Wildman–Crippen LogP) is 2.78. The van der Waals surface area contributed by atoms with Gasteiger partial charge < -0.3 is 10.4 Å². The summed E-state index contributed by atoms with van der Waals surface area (Å²) in [6.07, 6.45) is -2.12. The third kappa shape index (κ3) is 4.92. The van der Waals surface area contributed by atoms with Gasteiger partial charge in [-0.3, -0.25) is 9.53 Å². The average Bonchev–Trinajstić information content (AvgIpc) is 3.12. The number of aromatic nitrogens is 3. The summed E-state index contributed by atoms with van der Waals surface area (Å²) in [5, 5.41) is 25.7. The van der Waals surface area contributed by atoms with E-state index in [1.54, 1.807) is 24.3 Å². The first-order chi connectivity index (χ1) is 14.3. The van der Waals surface area contributed by atoms with Crippen LogP contribution < -0.4 is 5.32 Å². The second kappa shape index (κ2) is 8.62. The van der Waals surface area contributed by atoms with Crippen LogP contribution in [-0.2, 0) is 4.74 Å². The molecule has 30 heavy (non-hydrogen) atoms. The molecule has 1 aromatic carbocycles. The fourth-order valence-corrected chi connectivity index (χ4v) is 2.52. The molecule has 0 saturated carbocycles. The molecule has 0 fully saturated rings. The molecule has 0 aliphatic rings. The quantitative estimate of drug-likeness (QED) is 0.597. The Morgan fingerprint density at radius 2 is 1.93 bits per heavy atom. The predicted molar refractivity (Wildman–Crippen MR) is 97.5 cm³/mol. The van der Waals surface area contributed by atoms with E-state index in [1.807, 2.05) is 6.07 Å². The number of aromatic hydroxyl groups is 1. The summed E-state index contributed by atoms with van der Waals surface area (Å²) >= 11 is 0. The van der Waals surface area contributed by atoms with E-state index in [0.29, 0.717) is 16.7 Å². The molecule has 0 aliphatic heterocycles. The summed E-state index contributed by atoms with van der Waals surface area (Å²) in [6.45, 7) is -1.03. The molecule has 0 radical (unpaired) electrons. The van der Waals surface area contributed by atoms with Crippen LogP contribution >= 0.6 is 0 Å². The molecule has 154 valence electrons. The molecule has 11 heteroatoms. The Balaban J connectivity index is 1.68. The Morgan fingerprint density at radius 1 is 1.20 bits per heavy atom. The third-order valence-corrected chi connectivity index (χ3v) is 3.95. The van der Waals surface area contributed by atoms with Gasteiger partial charge in [-0.1, -0.05) is 12.1 Å². The lowest BCUT2D eigenvalue weighted by molar-refractivity contribution is -0.323. The maximum absolute atomic E-state index is 11.9. The summed E-state index contributed by atoms with van der Waals surface area (Å²) in [4.78, 5) is 16.0. The minimum Gasteiger partial charge on any atom is -0.493 e. The van der Waals surface area contributed by atoms with Gasteiger partial charge in [-0.2, -0.15) is 15.0 Å². The molecule has 0 aliphatic carbocycles. The number of alkyl halides is 3. The van der Waals surface area contributed by atoms with Crippen LogP contribution in [0.3, 0.4) is 0 Å². The van der Waals surface area contributed by atoms with Crippen molar-refractivity contribution >= 4 is 5.91 Å². The number of ether oxygens (including phenoxy) is 1. The number of hydrogen-bond donors (Lipinski definition) is 2. The smallest absolute Gasteiger partial charge is 0.493 e. The van der Waals surface area contributed by atoms with Gasteiger partial charge in [0, 0.05) is 12.7 Å². The van der Waals surface area contributed by atoms with Gasteiger partial charge in [0.15, 0.2) is 5.82 Å². The van der Waals surface area contributed by atoms with Gasteiger partial charge in [-0.05, 0) is 29.8 Å². The molecule has 8 nitrogen and oxygen atoms in total. The highest BCUT2D eigenvalue weighted by Crippen LogP contribution is 2.30. The SMILES string of the molecule is N#Cc1ccc(-c2cnn(-c3ccc(C(=O)NCCOC(F)(F)F)cn3)c2O)cc1. The maximum Gasteiger partial charge on any atom is 0.522 e. The second-order valence-electron chi connectivity index (χ2n) is 5.94. The van der Waals surface area contributed by atoms with Gasteiger partial charge in [0.2, 0.25) is 5.88 Å². The Morgan fingerprint density at radius 3 is 2.53 bits per heavy atom. The molecule has 0 spiro atoms. The number of carbonyl (C=O) groups is 1. The number of pyridine rings is 1. The zero-order valence-corrected chi connectivity index (χ0v) is 15.2. The molecule has 2 heterocycles. The maximum atomic E-state index is 11.9. The average molecular weight is 417 g/mol. The van der Waals surface area contributed by atoms with Crippen LogP contribution in [0.25, 0.3) is 16.9 Å². The van der Waals surface area contributed by atoms with Crippen LogP contribution in [0.4, 0.5) is 13.2 Å². The largest absolute Gasteiger partial charge is 0.522 e. The normalized spacial score (nSPS) is 11.1. The van der Waals surface area contributed by atoms with Crippen molar-refractivity contribution in [3.8, 4) is 28.9 Å². The van der Waals surface area contributed by atoms with Crippen LogP contribution in [0.5, 0.6) is 5.88 Å². The Hall–Kier alpha value is -3.91. The van der Waals surface area contributed by atoms with E-state index in [9.17, 15) is 23.1 Å². The number of nitriles is 1. The van der Waals surface area contributed by atoms with Gasteiger partial charge in [-0.15, -0.1) is 13.2 Å². The van der Waals surface area contributed by atoms with Crippen molar-refractivity contribution in [1.29, 1.82) is 5.26 Å². The van der Waals surface area contributed by atoms with Gasteiger partial charge >= 0.3 is 6.36 Å². The van der Waals surface area contributed by atoms with Crippen molar-refractivity contribution < 1.29 is 27.8 Å². The summed E-state index contributed by atoms with van der Waals surface area (Å²) in [5.41, 5.74) is 1.67. The van der Waals surface area contributed by atoms with Crippen LogP contribution in [-0.4, -0.2) is 45.3 Å². The third-order valence-electron chi connectivity index (χ3n) is 3.95. The van der Waals surface area contributed by atoms with Crippen molar-refractivity contribution in [3.63, 3.8) is 0 Å². The molecular formula is C19H14F3N5O3. The van der Waals surface area contributed by atoms with Crippen molar-refractivity contribution in [1.82, 2.24) is 20.1 Å². The molecule has 0 saturated heterocycles. The lowest BCUT2D eigenvalue weighted by Crippen LogP contribution is -2.29. The first-order valence-electron chi connectivity index (χ1n) is 8.51. The van der Waals surface area contributed by atoms with Crippen LogP contribution in [0.15, 0.2) is 48.8 Å². The van der Waals surface area contributed by atoms with Gasteiger partial charge in [0.05, 0.1) is 35.6 Å². The molecule has 0 unspecified atom stereocenters. The van der Waals surface area contributed by atoms with E-state index in [2.05, 4.69) is 20.1 Å². The van der Waals surface area contributed by atoms with Crippen LogP contribution in [0.2, 0.25) is 0 Å². The van der Waals surface area contributed by atoms with E-state index in [-0.39, 0.29) is 23.8 Å². The molecule has 0 atom stereocenters. The molecule has 3 rings (SSSR count). The van der Waals surface area contributed by atoms with E-state index >= 15 is 0 Å². The standard InChI is InChI=1S/C19H14F3N5O3/c20-19(21,22)30-8-7-24-17(28)14-5-6-16(25-10-14)27-18(29)15(11-26-27)13-3-1-12(9-23)2-4-13/h1-6,10-11,29H,7-8H2,(H,24,28). The van der Waals surface area contributed by atoms with Gasteiger partial charge in [0.25, 0.3) is 5.91 Å². The fraction of sp³-hybridized carbons (Fsp3) is 0.158. The highest BCUT2D eigenvalue weighted by molar-refractivity contribution is 5.93. The molecule has 3 aromatic rings. The number of nitrogens with one attached hydrogen (secondary N) is 1. The minimum absolute atomic E-state index is 0.115. The first kappa shape index (κ1) is 20.8. The topological polar surface area (TPSA) is 113 Å². The van der Waals surface area contributed by atoms with Crippen molar-refractivity contribution in [2.75, 3.05) is 13.2 Å². The fourth-order valence-electron chi connectivity index (χ4n) is 2.52. The number of amides is 1. The molecular weight excluding hydrogens is 403 g/mol. The van der Waals surface area contributed by atoms with E-state index < -0.39 is 18.9 Å². The summed E-state index contributed by atoms with van der Waals surface area (Å²) in [5.74, 6) is -0.583. The van der Waals surface area contributed by atoms with Crippen molar-refractivity contribution in [2.45, 2.75) is 6.36 Å². The number of benzene rings is 1. The molecule has 2 N–H and O–H groups in total. The molecule has 2 aromatic heterocycles. The summed E-state index contributed by atoms with van der Waals surface area (Å²) in [6, 6.07) is 11.4. The van der Waals surface area contributed by atoms with Crippen LogP contribution in [0, 0.1) is 11.3 Å². The lowest BCUT2D eigenvalue weighted by atomic mass is 10.1. The number of nitrogens with zero attached hydrogens (tertiary/aromatic N) is 4. The Labute approximate surface area is 168 Å². The number of halogens is 3. The van der Waals surface area contributed by atoms with Crippen molar-refractivity contribution in [2.24, 2.45) is 0 Å². The second-order valence-corrected chi connectivity index (χ2v) is 5.94. The zero-order chi connectivity index (χ0) is 21.7. The van der Waals surface area contributed by atoms with Gasteiger partial charge in [0.1, 0.15) is 0 Å². The highest BCUT2D eigenvalue weighted by atomic mass is 19.4. The lowest BCUT2D eigenvalue weighted by Gasteiger charge is -2.09. The van der Waals surface area contributed by atoms with E-state index in [0.717, 1.165) is 4.68 Å². The molecule has 0 bridgehead atoms. The van der Waals surface area contributed by atoms with Crippen molar-refractivity contribution in [3.05, 3.63) is 59.9 Å². The Kier molecular flexibility index (Phi) is 5.98. The number of rotatable bonds is 6. The summed E-state index contributed by atoms with van der Waals surface area (Å²) in [7, 11) is 0. The number of hydrogen-bond acceptors (Lipinski definition) is 6. The Bertz CT molecular complexity index is 1070. The zero-order valence-electron chi connectivity index (χ0n) is 15.2. The van der Waals surface area contributed by atoms with Gasteiger partial charge in [-0.25, -0.2) is 4.98 Å². The summed E-state index contributed by atoms with van der Waals surface area (Å²) < 4.78 is 40.4. The van der Waals surface area contributed by atoms with E-state index in [4.69, 9.17) is 5.26 Å². The van der Waals surface area contributed by atoms with Crippen LogP contribution in [0.1, 0.15) is 15.9 Å². The highest BCUT2D eigenvalue weighted by Gasteiger charge is 2.28. The number of carbonyl (C=O) groups excluding carboxylic acids is 1. The van der Waals surface area contributed by atoms with E-state index in [1.165, 1.54) is 24.5 Å². The molecule has 1 amide bonds.